The largest absolute Gasteiger partial charge is 0.462 e. The molecule has 1 aromatic heterocycles. The minimum absolute atomic E-state index is 0.0720. The van der Waals surface area contributed by atoms with Gasteiger partial charge in [0.1, 0.15) is 6.07 Å². The number of nitrogens with zero attached hydrogens (tertiary/aromatic N) is 3. The maximum atomic E-state index is 12.5. The second-order valence-electron chi connectivity index (χ2n) is 5.81. The van der Waals surface area contributed by atoms with Crippen LogP contribution in [-0.2, 0) is 4.74 Å². The molecule has 0 saturated heterocycles. The van der Waals surface area contributed by atoms with Crippen molar-refractivity contribution in [2.45, 2.75) is 6.92 Å². The summed E-state index contributed by atoms with van der Waals surface area (Å²) in [5, 5.41) is 22.7. The first-order chi connectivity index (χ1) is 14.1. The van der Waals surface area contributed by atoms with Gasteiger partial charge in [-0.3, -0.25) is 4.79 Å². The zero-order chi connectivity index (χ0) is 20.6. The van der Waals surface area contributed by atoms with Gasteiger partial charge in [0.15, 0.2) is 11.5 Å². The van der Waals surface area contributed by atoms with E-state index < -0.39 is 11.9 Å². The van der Waals surface area contributed by atoms with Crippen LogP contribution >= 0.6 is 0 Å². The summed E-state index contributed by atoms with van der Waals surface area (Å²) in [6.45, 7) is 1.94. The number of nitriles is 1. The van der Waals surface area contributed by atoms with Crippen LogP contribution in [0.15, 0.2) is 60.7 Å². The molecule has 0 aliphatic heterocycles. The molecule has 0 spiro atoms. The molecular formula is C21H17N5O3. The molecule has 0 aliphatic carbocycles. The normalized spacial score (nSPS) is 9.93. The van der Waals surface area contributed by atoms with Crippen molar-refractivity contribution < 1.29 is 14.3 Å². The molecule has 3 aromatic rings. The number of anilines is 3. The Morgan fingerprint density at radius 3 is 2.41 bits per heavy atom. The van der Waals surface area contributed by atoms with Crippen LogP contribution in [0.3, 0.4) is 0 Å². The van der Waals surface area contributed by atoms with Gasteiger partial charge in [-0.1, -0.05) is 24.3 Å². The summed E-state index contributed by atoms with van der Waals surface area (Å²) in [6.07, 6.45) is 0. The highest BCUT2D eigenvalue weighted by atomic mass is 16.5. The first-order valence-corrected chi connectivity index (χ1v) is 8.79. The summed E-state index contributed by atoms with van der Waals surface area (Å²) in [6, 6.07) is 18.7. The first-order valence-electron chi connectivity index (χ1n) is 8.79. The summed E-state index contributed by atoms with van der Waals surface area (Å²) in [5.41, 5.74) is 1.70. The fraction of sp³-hybridized carbons (Fsp3) is 0.0952. The Kier molecular flexibility index (Phi) is 6.12. The lowest BCUT2D eigenvalue weighted by molar-refractivity contribution is 0.0527. The Hall–Kier alpha value is -4.25. The molecule has 2 aromatic carbocycles. The molecule has 0 unspecified atom stereocenters. The van der Waals surface area contributed by atoms with Gasteiger partial charge in [-0.15, -0.1) is 10.2 Å². The van der Waals surface area contributed by atoms with Crippen molar-refractivity contribution in [3.8, 4) is 6.07 Å². The van der Waals surface area contributed by atoms with Gasteiger partial charge in [0.25, 0.3) is 5.91 Å². The van der Waals surface area contributed by atoms with Gasteiger partial charge in [-0.05, 0) is 43.3 Å². The number of para-hydroxylation sites is 2. The summed E-state index contributed by atoms with van der Waals surface area (Å²) in [5.74, 6) is -0.653. The summed E-state index contributed by atoms with van der Waals surface area (Å²) >= 11 is 0. The van der Waals surface area contributed by atoms with Crippen LogP contribution in [0.2, 0.25) is 0 Å². The molecular weight excluding hydrogens is 370 g/mol. The standard InChI is InChI=1S/C21H17N5O3/c1-2-29-21(28)15-8-4-6-10-17(15)24-20(27)18-11-12-19(26-25-18)23-16-9-5-3-7-14(16)13-22/h3-12H,2H2,1H3,(H,23,26)(H,24,27). The van der Waals surface area contributed by atoms with Crippen molar-refractivity contribution in [1.29, 1.82) is 5.26 Å². The van der Waals surface area contributed by atoms with Crippen LogP contribution in [0, 0.1) is 11.3 Å². The number of rotatable bonds is 6. The summed E-state index contributed by atoms with van der Waals surface area (Å²) < 4.78 is 5.00. The third-order valence-electron chi connectivity index (χ3n) is 3.88. The van der Waals surface area contributed by atoms with E-state index in [-0.39, 0.29) is 17.9 Å². The average Bonchev–Trinajstić information content (AvgIpc) is 2.75. The van der Waals surface area contributed by atoms with E-state index in [0.717, 1.165) is 0 Å². The van der Waals surface area contributed by atoms with Gasteiger partial charge in [0.05, 0.1) is 29.1 Å². The number of carbonyl (C=O) groups is 2. The molecule has 0 bridgehead atoms. The molecule has 1 heterocycles. The van der Waals surface area contributed by atoms with Crippen LogP contribution in [0.25, 0.3) is 0 Å². The molecule has 0 fully saturated rings. The molecule has 29 heavy (non-hydrogen) atoms. The molecule has 0 radical (unpaired) electrons. The van der Waals surface area contributed by atoms with Gasteiger partial charge in [-0.2, -0.15) is 5.26 Å². The Morgan fingerprint density at radius 2 is 1.72 bits per heavy atom. The Labute approximate surface area is 167 Å². The number of amides is 1. The molecule has 1 amide bonds. The fourth-order valence-corrected chi connectivity index (χ4v) is 2.51. The maximum Gasteiger partial charge on any atom is 0.340 e. The van der Waals surface area contributed by atoms with Crippen molar-refractivity contribution in [2.75, 3.05) is 17.2 Å². The van der Waals surface area contributed by atoms with E-state index in [2.05, 4.69) is 26.9 Å². The van der Waals surface area contributed by atoms with Crippen LogP contribution in [-0.4, -0.2) is 28.7 Å². The fourth-order valence-electron chi connectivity index (χ4n) is 2.51. The zero-order valence-electron chi connectivity index (χ0n) is 15.5. The number of hydrogen-bond acceptors (Lipinski definition) is 7. The van der Waals surface area contributed by atoms with Gasteiger partial charge >= 0.3 is 5.97 Å². The summed E-state index contributed by atoms with van der Waals surface area (Å²) in [4.78, 5) is 24.5. The lowest BCUT2D eigenvalue weighted by Gasteiger charge is -2.10. The van der Waals surface area contributed by atoms with Crippen LogP contribution in [0.5, 0.6) is 0 Å². The highest BCUT2D eigenvalue weighted by Crippen LogP contribution is 2.19. The topological polar surface area (TPSA) is 117 Å². The SMILES string of the molecule is CCOC(=O)c1ccccc1NC(=O)c1ccc(Nc2ccccc2C#N)nn1. The van der Waals surface area contributed by atoms with Gasteiger partial charge in [0, 0.05) is 0 Å². The van der Waals surface area contributed by atoms with E-state index in [4.69, 9.17) is 10.00 Å². The van der Waals surface area contributed by atoms with Crippen molar-refractivity contribution in [2.24, 2.45) is 0 Å². The lowest BCUT2D eigenvalue weighted by atomic mass is 10.1. The van der Waals surface area contributed by atoms with E-state index in [1.165, 1.54) is 6.07 Å². The first kappa shape index (κ1) is 19.5. The third kappa shape index (κ3) is 4.73. The number of esters is 1. The average molecular weight is 387 g/mol. The highest BCUT2D eigenvalue weighted by Gasteiger charge is 2.16. The monoisotopic (exact) mass is 387 g/mol. The van der Waals surface area contributed by atoms with Crippen LogP contribution in [0.4, 0.5) is 17.2 Å². The van der Waals surface area contributed by atoms with E-state index in [1.807, 2.05) is 0 Å². The van der Waals surface area contributed by atoms with Gasteiger partial charge in [0.2, 0.25) is 0 Å². The van der Waals surface area contributed by atoms with Crippen LogP contribution < -0.4 is 10.6 Å². The number of nitrogens with one attached hydrogen (secondary N) is 2. The number of aromatic nitrogens is 2. The molecule has 144 valence electrons. The Morgan fingerprint density at radius 1 is 1.00 bits per heavy atom. The Balaban J connectivity index is 1.73. The third-order valence-corrected chi connectivity index (χ3v) is 3.88. The summed E-state index contributed by atoms with van der Waals surface area (Å²) in [7, 11) is 0. The number of ether oxygens (including phenoxy) is 1. The number of hydrogen-bond donors (Lipinski definition) is 2. The van der Waals surface area contributed by atoms with E-state index in [0.29, 0.717) is 22.8 Å². The van der Waals surface area contributed by atoms with Crippen molar-refractivity contribution in [3.63, 3.8) is 0 Å². The molecule has 0 aliphatic rings. The van der Waals surface area contributed by atoms with Crippen molar-refractivity contribution in [1.82, 2.24) is 10.2 Å². The smallest absolute Gasteiger partial charge is 0.340 e. The zero-order valence-corrected chi connectivity index (χ0v) is 15.5. The van der Waals surface area contributed by atoms with E-state index in [1.54, 1.807) is 61.5 Å². The number of carbonyl (C=O) groups excluding carboxylic acids is 2. The lowest BCUT2D eigenvalue weighted by Crippen LogP contribution is -2.17. The molecule has 0 atom stereocenters. The molecule has 0 saturated carbocycles. The molecule has 8 nitrogen and oxygen atoms in total. The molecule has 8 heteroatoms. The van der Waals surface area contributed by atoms with E-state index in [9.17, 15) is 9.59 Å². The van der Waals surface area contributed by atoms with Crippen molar-refractivity contribution in [3.05, 3.63) is 77.5 Å². The predicted octanol–water partition coefficient (Wildman–Crippen LogP) is 3.52. The van der Waals surface area contributed by atoms with Crippen molar-refractivity contribution >= 4 is 29.1 Å². The Bertz CT molecular complexity index is 1070. The maximum absolute atomic E-state index is 12.5. The quantitative estimate of drug-likeness (QED) is 0.621. The van der Waals surface area contributed by atoms with E-state index >= 15 is 0 Å². The second-order valence-corrected chi connectivity index (χ2v) is 5.81. The molecule has 3 rings (SSSR count). The highest BCUT2D eigenvalue weighted by molar-refractivity contribution is 6.07. The van der Waals surface area contributed by atoms with Gasteiger partial charge < -0.3 is 15.4 Å². The second kappa shape index (κ2) is 9.10. The minimum Gasteiger partial charge on any atom is -0.462 e. The molecule has 2 N–H and O–H groups in total. The number of benzene rings is 2. The van der Waals surface area contributed by atoms with Crippen LogP contribution in [0.1, 0.15) is 33.3 Å². The minimum atomic E-state index is -0.523. The predicted molar refractivity (Wildman–Crippen MR) is 107 cm³/mol. The van der Waals surface area contributed by atoms with Gasteiger partial charge in [-0.25, -0.2) is 4.79 Å².